The number of rotatable bonds is 4. The molecule has 0 spiro atoms. The Morgan fingerprint density at radius 1 is 1.47 bits per heavy atom. The molecule has 4 nitrogen and oxygen atoms in total. The number of esters is 1. The van der Waals surface area contributed by atoms with Crippen molar-refractivity contribution in [3.05, 3.63) is 53.2 Å². The van der Waals surface area contributed by atoms with Gasteiger partial charge in [-0.05, 0) is 38.5 Å². The quantitative estimate of drug-likeness (QED) is 0.792. The topological polar surface area (TPSA) is 52.3 Å². The maximum Gasteiger partial charge on any atom is 0.341 e. The Labute approximate surface area is 112 Å². The Kier molecular flexibility index (Phi) is 4.00. The molecular weight excluding hydrogens is 242 g/mol. The van der Waals surface area contributed by atoms with Crippen molar-refractivity contribution in [3.63, 3.8) is 0 Å². The third-order valence-corrected chi connectivity index (χ3v) is 2.82. The minimum Gasteiger partial charge on any atom is -0.466 e. The van der Waals surface area contributed by atoms with E-state index in [0.29, 0.717) is 23.5 Å². The number of hydrogen-bond acceptors (Lipinski definition) is 4. The van der Waals surface area contributed by atoms with Crippen molar-refractivity contribution in [1.29, 1.82) is 0 Å². The van der Waals surface area contributed by atoms with Gasteiger partial charge >= 0.3 is 5.97 Å². The van der Waals surface area contributed by atoms with Gasteiger partial charge in [0.05, 0.1) is 0 Å². The van der Waals surface area contributed by atoms with Gasteiger partial charge in [-0.2, -0.15) is 0 Å². The van der Waals surface area contributed by atoms with E-state index in [2.05, 4.69) is 4.98 Å². The molecule has 0 saturated carbocycles. The van der Waals surface area contributed by atoms with Crippen molar-refractivity contribution < 1.29 is 13.9 Å². The van der Waals surface area contributed by atoms with Crippen molar-refractivity contribution in [2.75, 3.05) is 0 Å². The van der Waals surface area contributed by atoms with E-state index < -0.39 is 0 Å². The van der Waals surface area contributed by atoms with E-state index in [1.807, 2.05) is 26.0 Å². The summed E-state index contributed by atoms with van der Waals surface area (Å²) < 4.78 is 10.7. The van der Waals surface area contributed by atoms with Crippen LogP contribution >= 0.6 is 0 Å². The highest BCUT2D eigenvalue weighted by atomic mass is 16.5. The summed E-state index contributed by atoms with van der Waals surface area (Å²) >= 11 is 0. The van der Waals surface area contributed by atoms with Gasteiger partial charge < -0.3 is 9.15 Å². The maximum absolute atomic E-state index is 12.0. The average molecular weight is 259 g/mol. The molecule has 0 bridgehead atoms. The number of furan rings is 1. The molecule has 0 radical (unpaired) electrons. The molecule has 19 heavy (non-hydrogen) atoms. The standard InChI is InChI=1S/C15H17NO3/c1-10(7-13-5-4-6-16-9-13)19-15(17)14-8-11(2)18-12(14)3/h4-6,8-10H,7H2,1-3H3. The van der Waals surface area contributed by atoms with Crippen LogP contribution in [0.2, 0.25) is 0 Å². The fraction of sp³-hybridized carbons (Fsp3) is 0.333. The fourth-order valence-electron chi connectivity index (χ4n) is 1.97. The van der Waals surface area contributed by atoms with E-state index in [9.17, 15) is 4.79 Å². The number of aryl methyl sites for hydroxylation is 2. The highest BCUT2D eigenvalue weighted by molar-refractivity contribution is 5.90. The van der Waals surface area contributed by atoms with Gasteiger partial charge in [-0.15, -0.1) is 0 Å². The molecule has 0 aliphatic heterocycles. The Morgan fingerprint density at radius 3 is 2.84 bits per heavy atom. The zero-order chi connectivity index (χ0) is 13.8. The van der Waals surface area contributed by atoms with E-state index >= 15 is 0 Å². The Hall–Kier alpha value is -2.10. The van der Waals surface area contributed by atoms with Crippen molar-refractivity contribution in [2.24, 2.45) is 0 Å². The maximum atomic E-state index is 12.0. The lowest BCUT2D eigenvalue weighted by Crippen LogP contribution is -2.17. The van der Waals surface area contributed by atoms with Gasteiger partial charge in [0, 0.05) is 18.8 Å². The Balaban J connectivity index is 1.97. The third kappa shape index (κ3) is 3.44. The second kappa shape index (κ2) is 5.69. The first-order valence-corrected chi connectivity index (χ1v) is 6.23. The predicted octanol–water partition coefficient (Wildman–Crippen LogP) is 3.08. The zero-order valence-electron chi connectivity index (χ0n) is 11.3. The van der Waals surface area contributed by atoms with Crippen molar-refractivity contribution >= 4 is 5.97 Å². The first-order valence-electron chi connectivity index (χ1n) is 6.23. The van der Waals surface area contributed by atoms with Crippen LogP contribution in [0.3, 0.4) is 0 Å². The number of carbonyl (C=O) groups is 1. The molecule has 0 fully saturated rings. The summed E-state index contributed by atoms with van der Waals surface area (Å²) in [7, 11) is 0. The van der Waals surface area contributed by atoms with Gasteiger partial charge in [0.15, 0.2) is 0 Å². The van der Waals surface area contributed by atoms with Crippen LogP contribution in [0, 0.1) is 13.8 Å². The fourth-order valence-corrected chi connectivity index (χ4v) is 1.97. The molecule has 4 heteroatoms. The second-order valence-corrected chi connectivity index (χ2v) is 4.61. The predicted molar refractivity (Wildman–Crippen MR) is 71.0 cm³/mol. The van der Waals surface area contributed by atoms with Gasteiger partial charge in [0.25, 0.3) is 0 Å². The smallest absolute Gasteiger partial charge is 0.341 e. The number of pyridine rings is 1. The SMILES string of the molecule is Cc1cc(C(=O)OC(C)Cc2cccnc2)c(C)o1. The van der Waals surface area contributed by atoms with Crippen LogP contribution < -0.4 is 0 Å². The molecule has 0 aliphatic rings. The Bertz CT molecular complexity index is 560. The minimum atomic E-state index is -0.342. The molecule has 1 atom stereocenters. The number of aromatic nitrogens is 1. The molecule has 2 aromatic heterocycles. The van der Waals surface area contributed by atoms with Crippen molar-refractivity contribution in [2.45, 2.75) is 33.3 Å². The number of nitrogens with zero attached hydrogens (tertiary/aromatic N) is 1. The van der Waals surface area contributed by atoms with Gasteiger partial charge in [0.2, 0.25) is 0 Å². The zero-order valence-corrected chi connectivity index (χ0v) is 11.3. The molecule has 2 heterocycles. The highest BCUT2D eigenvalue weighted by Gasteiger charge is 2.17. The van der Waals surface area contributed by atoms with Crippen LogP contribution in [-0.4, -0.2) is 17.1 Å². The first kappa shape index (κ1) is 13.3. The summed E-state index contributed by atoms with van der Waals surface area (Å²) in [4.78, 5) is 16.0. The van der Waals surface area contributed by atoms with Gasteiger partial charge in [-0.3, -0.25) is 4.98 Å². The van der Waals surface area contributed by atoms with Crippen molar-refractivity contribution in [3.8, 4) is 0 Å². The van der Waals surface area contributed by atoms with E-state index in [-0.39, 0.29) is 12.1 Å². The molecule has 0 aromatic carbocycles. The summed E-state index contributed by atoms with van der Waals surface area (Å²) in [6, 6.07) is 5.53. The largest absolute Gasteiger partial charge is 0.466 e. The summed E-state index contributed by atoms with van der Waals surface area (Å²) in [6.45, 7) is 5.44. The van der Waals surface area contributed by atoms with Crippen LogP contribution in [0.5, 0.6) is 0 Å². The normalized spacial score (nSPS) is 12.2. The molecule has 2 rings (SSSR count). The Morgan fingerprint density at radius 2 is 2.26 bits per heavy atom. The lowest BCUT2D eigenvalue weighted by Gasteiger charge is -2.12. The molecular formula is C15H17NO3. The number of carbonyl (C=O) groups excluding carboxylic acids is 1. The van der Waals surface area contributed by atoms with E-state index in [1.54, 1.807) is 25.4 Å². The van der Waals surface area contributed by atoms with Crippen LogP contribution in [-0.2, 0) is 11.2 Å². The van der Waals surface area contributed by atoms with Crippen LogP contribution in [0.4, 0.5) is 0 Å². The average Bonchev–Trinajstić information content (AvgIpc) is 2.69. The molecule has 1 unspecified atom stereocenters. The molecule has 100 valence electrons. The minimum absolute atomic E-state index is 0.202. The first-order chi connectivity index (χ1) is 9.06. The second-order valence-electron chi connectivity index (χ2n) is 4.61. The molecule has 0 aliphatic carbocycles. The number of hydrogen-bond donors (Lipinski definition) is 0. The summed E-state index contributed by atoms with van der Waals surface area (Å²) in [5.74, 6) is 0.964. The van der Waals surface area contributed by atoms with E-state index in [0.717, 1.165) is 5.56 Å². The lowest BCUT2D eigenvalue weighted by atomic mass is 10.1. The third-order valence-electron chi connectivity index (χ3n) is 2.82. The van der Waals surface area contributed by atoms with Crippen LogP contribution in [0.1, 0.15) is 34.4 Å². The number of ether oxygens (including phenoxy) is 1. The highest BCUT2D eigenvalue weighted by Crippen LogP contribution is 2.16. The van der Waals surface area contributed by atoms with E-state index in [1.165, 1.54) is 0 Å². The summed E-state index contributed by atoms with van der Waals surface area (Å²) in [6.07, 6.45) is 3.94. The molecule has 0 saturated heterocycles. The van der Waals surface area contributed by atoms with Gasteiger partial charge in [-0.1, -0.05) is 6.07 Å². The van der Waals surface area contributed by atoms with Crippen LogP contribution in [0.15, 0.2) is 35.0 Å². The lowest BCUT2D eigenvalue weighted by molar-refractivity contribution is 0.0341. The summed E-state index contributed by atoms with van der Waals surface area (Å²) in [5, 5.41) is 0. The molecule has 0 amide bonds. The monoisotopic (exact) mass is 259 g/mol. The van der Waals surface area contributed by atoms with Gasteiger partial charge in [0.1, 0.15) is 23.2 Å². The summed E-state index contributed by atoms with van der Waals surface area (Å²) in [5.41, 5.74) is 1.54. The molecule has 2 aromatic rings. The van der Waals surface area contributed by atoms with Gasteiger partial charge in [-0.25, -0.2) is 4.79 Å². The van der Waals surface area contributed by atoms with Crippen molar-refractivity contribution in [1.82, 2.24) is 4.98 Å². The van der Waals surface area contributed by atoms with E-state index in [4.69, 9.17) is 9.15 Å². The van der Waals surface area contributed by atoms with Crippen LogP contribution in [0.25, 0.3) is 0 Å². The molecule has 0 N–H and O–H groups in total.